The summed E-state index contributed by atoms with van der Waals surface area (Å²) >= 11 is 0. The fraction of sp³-hybridized carbons (Fsp3) is 0.417. The smallest absolute Gasteiger partial charge is 0.354 e. The van der Waals surface area contributed by atoms with Gasteiger partial charge < -0.3 is 20.8 Å². The molecule has 104 valence electrons. The molecule has 1 aromatic heterocycles. The second-order valence-electron chi connectivity index (χ2n) is 3.58. The lowest BCUT2D eigenvalue weighted by molar-refractivity contribution is 0.0690. The van der Waals surface area contributed by atoms with Gasteiger partial charge in [0.1, 0.15) is 5.69 Å². The van der Waals surface area contributed by atoms with Crippen molar-refractivity contribution in [3.05, 3.63) is 24.0 Å². The van der Waals surface area contributed by atoms with Crippen molar-refractivity contribution < 1.29 is 15.0 Å². The lowest BCUT2D eigenvalue weighted by Crippen LogP contribution is -2.42. The van der Waals surface area contributed by atoms with E-state index in [2.05, 4.69) is 20.6 Å². The first-order valence-corrected chi connectivity index (χ1v) is 6.08. The summed E-state index contributed by atoms with van der Waals surface area (Å²) in [6, 6.07) is 3.05. The Kier molecular flexibility index (Phi) is 5.74. The Morgan fingerprint density at radius 2 is 2.26 bits per heavy atom. The van der Waals surface area contributed by atoms with E-state index in [9.17, 15) is 9.90 Å². The number of carbonyl (C=O) groups is 1. The normalized spacial score (nSPS) is 17.4. The van der Waals surface area contributed by atoms with Gasteiger partial charge in [-0.05, 0) is 12.1 Å². The van der Waals surface area contributed by atoms with Crippen LogP contribution in [0.1, 0.15) is 24.3 Å². The molecule has 0 spiro atoms. The topological polar surface area (TPSA) is 107 Å². The van der Waals surface area contributed by atoms with Crippen molar-refractivity contribution in [1.82, 2.24) is 10.3 Å². The average Bonchev–Trinajstić information content (AvgIpc) is 2.44. The van der Waals surface area contributed by atoms with Crippen LogP contribution in [0.2, 0.25) is 0 Å². The Bertz CT molecular complexity index is 462. The van der Waals surface area contributed by atoms with Crippen molar-refractivity contribution in [1.29, 1.82) is 0 Å². The number of aliphatic hydroxyl groups is 1. The lowest BCUT2D eigenvalue weighted by atomic mass is 10.3. The number of aliphatic imine (C=N–C) groups is 1. The summed E-state index contributed by atoms with van der Waals surface area (Å²) in [6.45, 7) is 4.74. The molecule has 1 aliphatic rings. The third-order valence-corrected chi connectivity index (χ3v) is 2.21. The third-order valence-electron chi connectivity index (χ3n) is 2.21. The van der Waals surface area contributed by atoms with Gasteiger partial charge in [-0.2, -0.15) is 0 Å². The van der Waals surface area contributed by atoms with Gasteiger partial charge in [-0.1, -0.05) is 13.8 Å². The SMILES string of the molecule is CC.O=C(O)c1cc(NC2=NCC(O)CN2)ccn1. The van der Waals surface area contributed by atoms with E-state index in [4.69, 9.17) is 5.11 Å². The van der Waals surface area contributed by atoms with Crippen molar-refractivity contribution in [3.63, 3.8) is 0 Å². The molecule has 1 unspecified atom stereocenters. The fourth-order valence-corrected chi connectivity index (χ4v) is 1.38. The first-order valence-electron chi connectivity index (χ1n) is 6.08. The summed E-state index contributed by atoms with van der Waals surface area (Å²) in [4.78, 5) is 18.5. The molecule has 1 aromatic rings. The van der Waals surface area contributed by atoms with E-state index in [0.29, 0.717) is 24.7 Å². The van der Waals surface area contributed by atoms with Crippen LogP contribution in [0.3, 0.4) is 0 Å². The van der Waals surface area contributed by atoms with Gasteiger partial charge in [0.25, 0.3) is 0 Å². The molecule has 7 nitrogen and oxygen atoms in total. The molecule has 0 amide bonds. The molecule has 1 aliphatic heterocycles. The first-order chi connectivity index (χ1) is 9.15. The molecule has 19 heavy (non-hydrogen) atoms. The van der Waals surface area contributed by atoms with Gasteiger partial charge in [-0.15, -0.1) is 0 Å². The maximum Gasteiger partial charge on any atom is 0.354 e. The van der Waals surface area contributed by atoms with E-state index in [1.54, 1.807) is 6.07 Å². The summed E-state index contributed by atoms with van der Waals surface area (Å²) in [7, 11) is 0. The third kappa shape index (κ3) is 4.55. The predicted molar refractivity (Wildman–Crippen MR) is 72.5 cm³/mol. The van der Waals surface area contributed by atoms with Crippen LogP contribution in [0.5, 0.6) is 0 Å². The quantitative estimate of drug-likeness (QED) is 0.622. The summed E-state index contributed by atoms with van der Waals surface area (Å²) in [5.74, 6) is -0.569. The standard InChI is InChI=1S/C10H12N4O3.C2H6/c15-7-4-12-10(13-5-7)14-6-1-2-11-8(3-6)9(16)17;1-2/h1-3,7,15H,4-5H2,(H,16,17)(H2,11,12,13,14);1-2H3. The molecule has 0 aliphatic carbocycles. The molecule has 0 radical (unpaired) electrons. The predicted octanol–water partition coefficient (Wildman–Crippen LogP) is 0.538. The second kappa shape index (κ2) is 7.32. The van der Waals surface area contributed by atoms with Crippen LogP contribution in [0, 0.1) is 0 Å². The van der Waals surface area contributed by atoms with E-state index < -0.39 is 12.1 Å². The molecule has 2 rings (SSSR count). The number of hydrogen-bond acceptors (Lipinski definition) is 6. The number of rotatable bonds is 2. The van der Waals surface area contributed by atoms with Crippen molar-refractivity contribution in [2.24, 2.45) is 4.99 Å². The molecule has 1 atom stereocenters. The second-order valence-corrected chi connectivity index (χ2v) is 3.58. The number of anilines is 1. The monoisotopic (exact) mass is 266 g/mol. The minimum Gasteiger partial charge on any atom is -0.477 e. The number of guanidine groups is 1. The highest BCUT2D eigenvalue weighted by molar-refractivity contribution is 5.95. The van der Waals surface area contributed by atoms with E-state index in [0.717, 1.165) is 0 Å². The number of nitrogens with one attached hydrogen (secondary N) is 2. The van der Waals surface area contributed by atoms with Gasteiger partial charge in [0.05, 0.1) is 12.6 Å². The van der Waals surface area contributed by atoms with Crippen molar-refractivity contribution in [2.75, 3.05) is 18.4 Å². The Hall–Kier alpha value is -2.15. The fourth-order valence-electron chi connectivity index (χ4n) is 1.38. The Morgan fingerprint density at radius 1 is 1.53 bits per heavy atom. The van der Waals surface area contributed by atoms with Gasteiger partial charge in [-0.25, -0.2) is 9.78 Å². The number of aromatic carboxylic acids is 1. The molecule has 2 heterocycles. The molecule has 0 saturated heterocycles. The molecule has 7 heteroatoms. The maximum absolute atomic E-state index is 10.7. The summed E-state index contributed by atoms with van der Waals surface area (Å²) in [5.41, 5.74) is 0.548. The Balaban J connectivity index is 0.000000861. The Morgan fingerprint density at radius 3 is 2.84 bits per heavy atom. The largest absolute Gasteiger partial charge is 0.477 e. The zero-order valence-corrected chi connectivity index (χ0v) is 10.9. The van der Waals surface area contributed by atoms with Gasteiger partial charge in [0.2, 0.25) is 0 Å². The van der Waals surface area contributed by atoms with Crippen molar-refractivity contribution in [2.45, 2.75) is 20.0 Å². The summed E-state index contributed by atoms with van der Waals surface area (Å²) < 4.78 is 0. The Labute approximate surface area is 111 Å². The van der Waals surface area contributed by atoms with Crippen LogP contribution >= 0.6 is 0 Å². The number of carboxylic acid groups (broad SMARTS) is 1. The summed E-state index contributed by atoms with van der Waals surface area (Å²) in [5, 5.41) is 23.8. The van der Waals surface area contributed by atoms with E-state index in [-0.39, 0.29) is 5.69 Å². The maximum atomic E-state index is 10.7. The van der Waals surface area contributed by atoms with E-state index in [1.807, 2.05) is 13.8 Å². The highest BCUT2D eigenvalue weighted by Crippen LogP contribution is 2.08. The molecule has 0 fully saturated rings. The highest BCUT2D eigenvalue weighted by atomic mass is 16.4. The van der Waals surface area contributed by atoms with Gasteiger partial charge in [0, 0.05) is 18.4 Å². The van der Waals surface area contributed by atoms with Crippen LogP contribution in [0.4, 0.5) is 5.69 Å². The molecule has 0 bridgehead atoms. The van der Waals surface area contributed by atoms with Crippen LogP contribution in [-0.4, -0.2) is 46.3 Å². The summed E-state index contributed by atoms with van der Waals surface area (Å²) in [6.07, 6.45) is 0.928. The van der Waals surface area contributed by atoms with Crippen LogP contribution < -0.4 is 10.6 Å². The molecular formula is C12H18N4O3. The number of aromatic nitrogens is 1. The minimum absolute atomic E-state index is 0.0357. The molecule has 0 saturated carbocycles. The number of aliphatic hydroxyl groups excluding tert-OH is 1. The van der Waals surface area contributed by atoms with Crippen molar-refractivity contribution in [3.8, 4) is 0 Å². The van der Waals surface area contributed by atoms with Gasteiger partial charge in [0.15, 0.2) is 5.96 Å². The number of nitrogens with zero attached hydrogens (tertiary/aromatic N) is 2. The van der Waals surface area contributed by atoms with Gasteiger partial charge >= 0.3 is 5.97 Å². The lowest BCUT2D eigenvalue weighted by Gasteiger charge is -2.19. The zero-order chi connectivity index (χ0) is 14.3. The number of β-amino-alcohol motifs (C(OH)–C–C–N with tert-alkyl or cyclic N) is 1. The minimum atomic E-state index is -1.08. The van der Waals surface area contributed by atoms with E-state index >= 15 is 0 Å². The number of hydrogen-bond donors (Lipinski definition) is 4. The molecule has 0 aromatic carbocycles. The van der Waals surface area contributed by atoms with Crippen molar-refractivity contribution >= 4 is 17.6 Å². The number of pyridine rings is 1. The van der Waals surface area contributed by atoms with Crippen LogP contribution in [0.25, 0.3) is 0 Å². The molecule has 4 N–H and O–H groups in total. The number of carboxylic acids is 1. The molecular weight excluding hydrogens is 248 g/mol. The van der Waals surface area contributed by atoms with E-state index in [1.165, 1.54) is 12.3 Å². The zero-order valence-electron chi connectivity index (χ0n) is 10.9. The highest BCUT2D eigenvalue weighted by Gasteiger charge is 2.12. The first kappa shape index (κ1) is 14.9. The van der Waals surface area contributed by atoms with Crippen LogP contribution in [-0.2, 0) is 0 Å². The average molecular weight is 266 g/mol. The van der Waals surface area contributed by atoms with Crippen LogP contribution in [0.15, 0.2) is 23.3 Å². The van der Waals surface area contributed by atoms with Gasteiger partial charge in [-0.3, -0.25) is 4.99 Å².